The minimum absolute atomic E-state index is 0.477. The first-order valence-corrected chi connectivity index (χ1v) is 4.94. The van der Waals surface area contributed by atoms with Crippen LogP contribution in [0.25, 0.3) is 0 Å². The molecule has 1 unspecified atom stereocenters. The molecule has 78 valence electrons. The third kappa shape index (κ3) is 1.78. The number of hydrogen-bond donors (Lipinski definition) is 1. The molecule has 1 aromatic carbocycles. The first kappa shape index (κ1) is 9.93. The van der Waals surface area contributed by atoms with E-state index in [2.05, 4.69) is 5.10 Å². The number of hydrogen-bond acceptors (Lipinski definition) is 2. The molecule has 3 heteroatoms. The smallest absolute Gasteiger partial charge is 0.0667 e. The maximum absolute atomic E-state index is 6.32. The molecule has 3 nitrogen and oxygen atoms in total. The molecule has 1 atom stereocenters. The molecule has 1 heterocycles. The highest BCUT2D eigenvalue weighted by molar-refractivity contribution is 5.34. The number of aromatic nitrogens is 2. The molecule has 0 aliphatic rings. The molecule has 2 N–H and O–H groups in total. The van der Waals surface area contributed by atoms with Crippen molar-refractivity contribution < 1.29 is 0 Å². The Morgan fingerprint density at radius 1 is 1.20 bits per heavy atom. The van der Waals surface area contributed by atoms with Gasteiger partial charge in [0.05, 0.1) is 11.7 Å². The molecule has 2 aromatic rings. The van der Waals surface area contributed by atoms with Crippen molar-refractivity contribution in [2.24, 2.45) is 12.8 Å². The van der Waals surface area contributed by atoms with Crippen LogP contribution in [0.15, 0.2) is 42.7 Å². The lowest BCUT2D eigenvalue weighted by molar-refractivity contribution is 0.602. The highest BCUT2D eigenvalue weighted by atomic mass is 15.2. The fourth-order valence-electron chi connectivity index (χ4n) is 1.64. The Balaban J connectivity index is 2.43. The summed E-state index contributed by atoms with van der Waals surface area (Å²) in [5.41, 5.74) is 7.96. The summed E-state index contributed by atoms with van der Waals surface area (Å²) < 4.78 is 1.77. The predicted octanol–water partition coefficient (Wildman–Crippen LogP) is 1.64. The number of nitrogens with zero attached hydrogens (tertiary/aromatic N) is 2. The van der Waals surface area contributed by atoms with Crippen LogP contribution >= 0.6 is 0 Å². The number of aryl methyl sites for hydroxylation is 1. The van der Waals surface area contributed by atoms with Gasteiger partial charge in [0.1, 0.15) is 0 Å². The lowest BCUT2D eigenvalue weighted by atomic mass is 9.88. The van der Waals surface area contributed by atoms with Gasteiger partial charge in [-0.15, -0.1) is 0 Å². The van der Waals surface area contributed by atoms with Gasteiger partial charge in [0.15, 0.2) is 0 Å². The molecule has 0 amide bonds. The molecule has 0 spiro atoms. The Bertz CT molecular complexity index is 443. The third-order valence-electron chi connectivity index (χ3n) is 2.68. The summed E-state index contributed by atoms with van der Waals surface area (Å²) in [6.45, 7) is 2.00. The lowest BCUT2D eigenvalue weighted by Gasteiger charge is -2.23. The zero-order valence-electron chi connectivity index (χ0n) is 9.01. The van der Waals surface area contributed by atoms with Crippen LogP contribution in [0, 0.1) is 0 Å². The Labute approximate surface area is 89.5 Å². The molecule has 0 aliphatic heterocycles. The number of nitrogens with two attached hydrogens (primary N) is 1. The van der Waals surface area contributed by atoms with Gasteiger partial charge in [-0.05, 0) is 12.5 Å². The molecule has 0 bridgehead atoms. The van der Waals surface area contributed by atoms with Crippen molar-refractivity contribution in [2.75, 3.05) is 0 Å². The van der Waals surface area contributed by atoms with Crippen LogP contribution in [0.5, 0.6) is 0 Å². The summed E-state index contributed by atoms with van der Waals surface area (Å²) >= 11 is 0. The van der Waals surface area contributed by atoms with E-state index in [4.69, 9.17) is 5.73 Å². The number of benzene rings is 1. The molecule has 0 fully saturated rings. The summed E-state index contributed by atoms with van der Waals surface area (Å²) in [7, 11) is 1.89. The monoisotopic (exact) mass is 201 g/mol. The van der Waals surface area contributed by atoms with Crippen molar-refractivity contribution in [1.29, 1.82) is 0 Å². The van der Waals surface area contributed by atoms with E-state index in [9.17, 15) is 0 Å². The van der Waals surface area contributed by atoms with Crippen LogP contribution in [0.1, 0.15) is 18.1 Å². The summed E-state index contributed by atoms with van der Waals surface area (Å²) in [4.78, 5) is 0. The first-order chi connectivity index (χ1) is 7.10. The highest BCUT2D eigenvalue weighted by Crippen LogP contribution is 2.25. The SMILES string of the molecule is Cn1cc(C(C)(N)c2ccccc2)cn1. The van der Waals surface area contributed by atoms with Gasteiger partial charge in [0, 0.05) is 18.8 Å². The fraction of sp³-hybridized carbons (Fsp3) is 0.250. The predicted molar refractivity (Wildman–Crippen MR) is 60.3 cm³/mol. The molecular formula is C12H15N3. The molecule has 0 radical (unpaired) electrons. The Morgan fingerprint density at radius 3 is 2.40 bits per heavy atom. The van der Waals surface area contributed by atoms with Crippen LogP contribution in [-0.2, 0) is 12.6 Å². The molecule has 15 heavy (non-hydrogen) atoms. The normalized spacial score (nSPS) is 14.9. The summed E-state index contributed by atoms with van der Waals surface area (Å²) in [5.74, 6) is 0. The molecule has 1 aromatic heterocycles. The van der Waals surface area contributed by atoms with E-state index in [1.54, 1.807) is 4.68 Å². The average molecular weight is 201 g/mol. The van der Waals surface area contributed by atoms with Crippen molar-refractivity contribution in [2.45, 2.75) is 12.5 Å². The lowest BCUT2D eigenvalue weighted by Crippen LogP contribution is -2.33. The maximum atomic E-state index is 6.32. The molecule has 0 saturated carbocycles. The van der Waals surface area contributed by atoms with Gasteiger partial charge in [0.2, 0.25) is 0 Å². The minimum Gasteiger partial charge on any atom is -0.318 e. The fourth-order valence-corrected chi connectivity index (χ4v) is 1.64. The van der Waals surface area contributed by atoms with Crippen LogP contribution in [0.2, 0.25) is 0 Å². The van der Waals surface area contributed by atoms with Crippen molar-refractivity contribution in [3.05, 3.63) is 53.9 Å². The van der Waals surface area contributed by atoms with Crippen LogP contribution in [0.4, 0.5) is 0 Å². The van der Waals surface area contributed by atoms with Crippen LogP contribution < -0.4 is 5.73 Å². The van der Waals surface area contributed by atoms with Crippen LogP contribution in [0.3, 0.4) is 0 Å². The van der Waals surface area contributed by atoms with E-state index in [1.165, 1.54) is 0 Å². The van der Waals surface area contributed by atoms with Crippen molar-refractivity contribution in [1.82, 2.24) is 9.78 Å². The van der Waals surface area contributed by atoms with E-state index in [0.29, 0.717) is 0 Å². The zero-order valence-corrected chi connectivity index (χ0v) is 9.01. The van der Waals surface area contributed by atoms with E-state index in [-0.39, 0.29) is 0 Å². The summed E-state index contributed by atoms with van der Waals surface area (Å²) in [6, 6.07) is 10.1. The molecule has 2 rings (SSSR count). The van der Waals surface area contributed by atoms with E-state index >= 15 is 0 Å². The Hall–Kier alpha value is -1.61. The summed E-state index contributed by atoms with van der Waals surface area (Å²) in [5, 5.41) is 4.15. The Morgan fingerprint density at radius 2 is 1.87 bits per heavy atom. The second-order valence-electron chi connectivity index (χ2n) is 3.97. The second-order valence-corrected chi connectivity index (χ2v) is 3.97. The van der Waals surface area contributed by atoms with Gasteiger partial charge < -0.3 is 5.73 Å². The van der Waals surface area contributed by atoms with Crippen LogP contribution in [-0.4, -0.2) is 9.78 Å². The maximum Gasteiger partial charge on any atom is 0.0667 e. The van der Waals surface area contributed by atoms with E-state index in [1.807, 2.05) is 56.7 Å². The topological polar surface area (TPSA) is 43.8 Å². The van der Waals surface area contributed by atoms with Gasteiger partial charge in [-0.2, -0.15) is 5.10 Å². The zero-order chi connectivity index (χ0) is 10.9. The molecule has 0 saturated heterocycles. The molecular weight excluding hydrogens is 186 g/mol. The quantitative estimate of drug-likeness (QED) is 0.802. The van der Waals surface area contributed by atoms with Gasteiger partial charge in [-0.1, -0.05) is 30.3 Å². The average Bonchev–Trinajstić information content (AvgIpc) is 2.67. The second kappa shape index (κ2) is 3.51. The minimum atomic E-state index is -0.477. The van der Waals surface area contributed by atoms with E-state index in [0.717, 1.165) is 11.1 Å². The van der Waals surface area contributed by atoms with E-state index < -0.39 is 5.54 Å². The van der Waals surface area contributed by atoms with Gasteiger partial charge in [-0.25, -0.2) is 0 Å². The highest BCUT2D eigenvalue weighted by Gasteiger charge is 2.24. The Kier molecular flexibility index (Phi) is 2.32. The van der Waals surface area contributed by atoms with Gasteiger partial charge >= 0.3 is 0 Å². The molecule has 0 aliphatic carbocycles. The number of rotatable bonds is 2. The van der Waals surface area contributed by atoms with Gasteiger partial charge in [-0.3, -0.25) is 4.68 Å². The standard InChI is InChI=1S/C12H15N3/c1-12(13,10-6-4-3-5-7-10)11-8-14-15(2)9-11/h3-9H,13H2,1-2H3. The first-order valence-electron chi connectivity index (χ1n) is 4.94. The van der Waals surface area contributed by atoms with Crippen molar-refractivity contribution in [3.63, 3.8) is 0 Å². The summed E-state index contributed by atoms with van der Waals surface area (Å²) in [6.07, 6.45) is 3.76. The van der Waals surface area contributed by atoms with Gasteiger partial charge in [0.25, 0.3) is 0 Å². The largest absolute Gasteiger partial charge is 0.318 e. The van der Waals surface area contributed by atoms with Crippen molar-refractivity contribution >= 4 is 0 Å². The van der Waals surface area contributed by atoms with Crippen molar-refractivity contribution in [3.8, 4) is 0 Å². The third-order valence-corrected chi connectivity index (χ3v) is 2.68.